The van der Waals surface area contributed by atoms with Crippen molar-refractivity contribution in [3.05, 3.63) is 5.92 Å². The predicted octanol–water partition coefficient (Wildman–Crippen LogP) is 5.93. The summed E-state index contributed by atoms with van der Waals surface area (Å²) in [5, 5.41) is 0. The fourth-order valence-corrected chi connectivity index (χ4v) is 6.64. The van der Waals surface area contributed by atoms with Gasteiger partial charge in [-0.3, -0.25) is 0 Å². The van der Waals surface area contributed by atoms with Gasteiger partial charge in [-0.25, -0.2) is 0 Å². The highest BCUT2D eigenvalue weighted by molar-refractivity contribution is 5.19. The number of rotatable bonds is 1. The predicted molar refractivity (Wildman–Crippen MR) is 91.6 cm³/mol. The van der Waals surface area contributed by atoms with Crippen LogP contribution >= 0.6 is 0 Å². The molecule has 0 aromatic heterocycles. The van der Waals surface area contributed by atoms with Crippen molar-refractivity contribution in [2.24, 2.45) is 22.7 Å². The molecule has 3 aliphatic carbocycles. The first-order valence-corrected chi connectivity index (χ1v) is 10.0. The van der Waals surface area contributed by atoms with Crippen molar-refractivity contribution in [1.29, 1.82) is 0 Å². The smallest absolute Gasteiger partial charge is 0.0669 e. The third-order valence-corrected chi connectivity index (χ3v) is 8.41. The normalized spacial score (nSPS) is 48.7. The van der Waals surface area contributed by atoms with E-state index < -0.39 is 0 Å². The Kier molecular flexibility index (Phi) is 3.87. The van der Waals surface area contributed by atoms with Gasteiger partial charge in [-0.1, -0.05) is 59.3 Å². The van der Waals surface area contributed by atoms with E-state index in [1.807, 2.05) is 0 Å². The molecule has 1 heterocycles. The molecule has 0 spiro atoms. The molecule has 0 amide bonds. The summed E-state index contributed by atoms with van der Waals surface area (Å²) in [6, 6.07) is 0. The standard InChI is InChI=1S/C21H35O/c1-20(2)17-12-13-21(20,3)19-16(17)14-18(22-19)15-10-8-6-4-5-7-9-11-15/h16-19H,4-14H2,1-3H3. The highest BCUT2D eigenvalue weighted by Gasteiger charge is 2.69. The Morgan fingerprint density at radius 2 is 1.55 bits per heavy atom. The molecule has 2 bridgehead atoms. The molecule has 1 aliphatic heterocycles. The van der Waals surface area contributed by atoms with Crippen molar-refractivity contribution in [2.45, 2.75) is 104 Å². The highest BCUT2D eigenvalue weighted by atomic mass is 16.5. The van der Waals surface area contributed by atoms with E-state index in [4.69, 9.17) is 4.74 Å². The molecule has 1 saturated heterocycles. The molecular weight excluding hydrogens is 268 g/mol. The molecule has 4 aliphatic rings. The molecule has 1 radical (unpaired) electrons. The van der Waals surface area contributed by atoms with Gasteiger partial charge in [0.25, 0.3) is 0 Å². The van der Waals surface area contributed by atoms with Crippen LogP contribution < -0.4 is 0 Å². The molecular formula is C21H35O. The SMILES string of the molecule is CC1(C)C2CCC1(C)C1OC([C]3CCCCCCCC3)CC21. The van der Waals surface area contributed by atoms with Gasteiger partial charge in [-0.05, 0) is 54.8 Å². The zero-order chi connectivity index (χ0) is 15.4. The van der Waals surface area contributed by atoms with Gasteiger partial charge in [-0.2, -0.15) is 0 Å². The minimum absolute atomic E-state index is 0.441. The van der Waals surface area contributed by atoms with E-state index in [0.29, 0.717) is 23.0 Å². The topological polar surface area (TPSA) is 9.23 Å². The minimum Gasteiger partial charge on any atom is -0.373 e. The zero-order valence-corrected chi connectivity index (χ0v) is 15.0. The Morgan fingerprint density at radius 1 is 0.909 bits per heavy atom. The lowest BCUT2D eigenvalue weighted by molar-refractivity contribution is -0.0524. The van der Waals surface area contributed by atoms with Gasteiger partial charge in [0.05, 0.1) is 12.2 Å². The van der Waals surface area contributed by atoms with Crippen LogP contribution in [0.15, 0.2) is 0 Å². The second kappa shape index (κ2) is 5.50. The molecule has 0 N–H and O–H groups in total. The minimum atomic E-state index is 0.441. The van der Waals surface area contributed by atoms with Crippen LogP contribution in [0.1, 0.15) is 91.4 Å². The van der Waals surface area contributed by atoms with Crippen molar-refractivity contribution in [3.8, 4) is 0 Å². The summed E-state index contributed by atoms with van der Waals surface area (Å²) in [5.41, 5.74) is 0.937. The number of hydrogen-bond acceptors (Lipinski definition) is 1. The van der Waals surface area contributed by atoms with Crippen LogP contribution in [0.2, 0.25) is 0 Å². The Hall–Kier alpha value is -0.0400. The molecule has 22 heavy (non-hydrogen) atoms. The first-order chi connectivity index (χ1) is 10.5. The van der Waals surface area contributed by atoms with Crippen LogP contribution in [0.5, 0.6) is 0 Å². The fourth-order valence-electron chi connectivity index (χ4n) is 6.64. The first kappa shape index (κ1) is 15.5. The van der Waals surface area contributed by atoms with Crippen molar-refractivity contribution >= 4 is 0 Å². The van der Waals surface area contributed by atoms with Gasteiger partial charge in [0, 0.05) is 5.92 Å². The van der Waals surface area contributed by atoms with Gasteiger partial charge in [0.1, 0.15) is 0 Å². The van der Waals surface area contributed by atoms with Crippen LogP contribution in [0, 0.1) is 28.6 Å². The van der Waals surface area contributed by atoms with E-state index in [2.05, 4.69) is 20.8 Å². The van der Waals surface area contributed by atoms with E-state index in [-0.39, 0.29) is 0 Å². The zero-order valence-electron chi connectivity index (χ0n) is 15.0. The maximum absolute atomic E-state index is 6.80. The van der Waals surface area contributed by atoms with Gasteiger partial charge in [-0.15, -0.1) is 0 Å². The molecule has 5 atom stereocenters. The van der Waals surface area contributed by atoms with Crippen LogP contribution in [0.3, 0.4) is 0 Å². The van der Waals surface area contributed by atoms with Gasteiger partial charge in [0.15, 0.2) is 0 Å². The lowest BCUT2D eigenvalue weighted by atomic mass is 9.70. The number of hydrogen-bond donors (Lipinski definition) is 0. The quantitative estimate of drug-likeness (QED) is 0.584. The molecule has 4 rings (SSSR count). The van der Waals surface area contributed by atoms with Gasteiger partial charge >= 0.3 is 0 Å². The summed E-state index contributed by atoms with van der Waals surface area (Å²) in [6.45, 7) is 7.58. The maximum Gasteiger partial charge on any atom is 0.0669 e. The van der Waals surface area contributed by atoms with Crippen LogP contribution in [-0.4, -0.2) is 12.2 Å². The van der Waals surface area contributed by atoms with Crippen molar-refractivity contribution in [1.82, 2.24) is 0 Å². The molecule has 0 aromatic rings. The lowest BCUT2D eigenvalue weighted by Crippen LogP contribution is -2.38. The van der Waals surface area contributed by atoms with E-state index in [1.54, 1.807) is 5.92 Å². The fraction of sp³-hybridized carbons (Fsp3) is 0.952. The summed E-state index contributed by atoms with van der Waals surface area (Å²) in [5.74, 6) is 3.57. The van der Waals surface area contributed by atoms with Crippen molar-refractivity contribution in [3.63, 3.8) is 0 Å². The maximum atomic E-state index is 6.80. The van der Waals surface area contributed by atoms with E-state index >= 15 is 0 Å². The molecule has 1 heteroatoms. The van der Waals surface area contributed by atoms with Crippen LogP contribution in [0.4, 0.5) is 0 Å². The summed E-state index contributed by atoms with van der Waals surface area (Å²) < 4.78 is 6.80. The summed E-state index contributed by atoms with van der Waals surface area (Å²) in [6.07, 6.45) is 16.6. The molecule has 3 saturated carbocycles. The Morgan fingerprint density at radius 3 is 2.18 bits per heavy atom. The summed E-state index contributed by atoms with van der Waals surface area (Å²) in [4.78, 5) is 0. The number of fused-ring (bicyclic) bond motifs is 5. The average Bonchev–Trinajstić information content (AvgIpc) is 3.08. The summed E-state index contributed by atoms with van der Waals surface area (Å²) in [7, 11) is 0. The van der Waals surface area contributed by atoms with Crippen molar-refractivity contribution < 1.29 is 4.74 Å². The Labute approximate surface area is 137 Å². The average molecular weight is 304 g/mol. The Balaban J connectivity index is 1.47. The molecule has 1 nitrogen and oxygen atoms in total. The third-order valence-electron chi connectivity index (χ3n) is 8.41. The molecule has 4 fully saturated rings. The Bertz CT molecular complexity index is 404. The molecule has 125 valence electrons. The largest absolute Gasteiger partial charge is 0.373 e. The van der Waals surface area contributed by atoms with Crippen molar-refractivity contribution in [2.75, 3.05) is 0 Å². The van der Waals surface area contributed by atoms with Crippen LogP contribution in [0.25, 0.3) is 0 Å². The monoisotopic (exact) mass is 303 g/mol. The van der Waals surface area contributed by atoms with E-state index in [0.717, 1.165) is 11.8 Å². The highest BCUT2D eigenvalue weighted by Crippen LogP contribution is 2.71. The van der Waals surface area contributed by atoms with E-state index in [9.17, 15) is 0 Å². The van der Waals surface area contributed by atoms with Crippen LogP contribution in [-0.2, 0) is 4.74 Å². The molecule has 5 unspecified atom stereocenters. The molecule has 0 aromatic carbocycles. The summed E-state index contributed by atoms with van der Waals surface area (Å²) >= 11 is 0. The number of ether oxygens (including phenoxy) is 1. The van der Waals surface area contributed by atoms with Gasteiger partial charge < -0.3 is 4.74 Å². The van der Waals surface area contributed by atoms with E-state index in [1.165, 1.54) is 70.6 Å². The lowest BCUT2D eigenvalue weighted by Gasteiger charge is -2.39. The second-order valence-corrected chi connectivity index (χ2v) is 9.51. The second-order valence-electron chi connectivity index (χ2n) is 9.51. The van der Waals surface area contributed by atoms with Gasteiger partial charge in [0.2, 0.25) is 0 Å². The third kappa shape index (κ3) is 2.14. The first-order valence-electron chi connectivity index (χ1n) is 10.0.